The number of hydrogen-bond donors (Lipinski definition) is 4. The van der Waals surface area contributed by atoms with Gasteiger partial charge in [0.1, 0.15) is 30.2 Å². The predicted molar refractivity (Wildman–Crippen MR) is 129 cm³/mol. The normalized spacial score (nSPS) is 26.0. The Morgan fingerprint density at radius 3 is 1.64 bits per heavy atom. The number of aliphatic hydroxyl groups is 4. The van der Waals surface area contributed by atoms with Crippen LogP contribution in [0.5, 0.6) is 0 Å². The molecule has 0 bridgehead atoms. The first kappa shape index (κ1) is 30.5. The molecule has 4 N–H and O–H groups in total. The molecule has 1 aliphatic heterocycles. The summed E-state index contributed by atoms with van der Waals surface area (Å²) in [6, 6.07) is 0. The van der Waals surface area contributed by atoms with E-state index in [1.54, 1.807) is 0 Å². The van der Waals surface area contributed by atoms with Crippen molar-refractivity contribution in [3.05, 3.63) is 0 Å². The number of aliphatic hydroxyl groups excluding tert-OH is 4. The Morgan fingerprint density at radius 2 is 1.18 bits per heavy atom. The van der Waals surface area contributed by atoms with E-state index in [9.17, 15) is 25.2 Å². The topological polar surface area (TPSA) is 116 Å². The lowest BCUT2D eigenvalue weighted by molar-refractivity contribution is -0.301. The van der Waals surface area contributed by atoms with E-state index in [4.69, 9.17) is 9.47 Å². The zero-order chi connectivity index (χ0) is 24.7. The van der Waals surface area contributed by atoms with Crippen LogP contribution in [0.15, 0.2) is 0 Å². The second-order valence-corrected chi connectivity index (χ2v) is 10.6. The van der Waals surface area contributed by atoms with Crippen molar-refractivity contribution in [1.82, 2.24) is 0 Å². The van der Waals surface area contributed by atoms with Crippen molar-refractivity contribution in [3.63, 3.8) is 0 Å². The molecule has 0 radical (unpaired) electrons. The Hall–Kier alpha value is -0.570. The van der Waals surface area contributed by atoms with Gasteiger partial charge in [-0.05, 0) is 12.8 Å². The largest absolute Gasteiger partial charge is 0.394 e. The molecule has 0 aromatic heterocycles. The van der Waals surface area contributed by atoms with E-state index in [0.29, 0.717) is 12.4 Å². The van der Waals surface area contributed by atoms with Gasteiger partial charge in [-0.15, -0.1) is 0 Å². The molecule has 1 saturated heterocycles. The zero-order valence-corrected chi connectivity index (χ0v) is 21.2. The Morgan fingerprint density at radius 1 is 0.727 bits per heavy atom. The standard InChI is InChI=1S/C26H50O7/c1-26(2,3)21(28)17-15-13-11-9-7-5-4-6-8-10-12-14-16-18-32-25-24(31)23(30)22(29)20(19-27)33-25/h20,22-25,27,29-31H,4-19H2,1-3H3/t20-,22-,23+,24-,25-/m1/s1. The molecule has 0 aromatic carbocycles. The molecule has 0 spiro atoms. The van der Waals surface area contributed by atoms with Gasteiger partial charge in [-0.2, -0.15) is 0 Å². The lowest BCUT2D eigenvalue weighted by Gasteiger charge is -2.39. The third-order valence-corrected chi connectivity index (χ3v) is 6.52. The Labute approximate surface area is 200 Å². The summed E-state index contributed by atoms with van der Waals surface area (Å²) in [5, 5.41) is 38.6. The van der Waals surface area contributed by atoms with Gasteiger partial charge < -0.3 is 29.9 Å². The van der Waals surface area contributed by atoms with Gasteiger partial charge in [0.25, 0.3) is 0 Å². The highest BCUT2D eigenvalue weighted by Gasteiger charge is 2.43. The minimum absolute atomic E-state index is 0.193. The molecule has 0 unspecified atom stereocenters. The van der Waals surface area contributed by atoms with Gasteiger partial charge in [-0.1, -0.05) is 91.4 Å². The molecule has 5 atom stereocenters. The molecular weight excluding hydrogens is 424 g/mol. The van der Waals surface area contributed by atoms with E-state index in [0.717, 1.165) is 32.1 Å². The number of Topliss-reactive ketones (excluding diaryl/α,β-unsaturated/α-hetero) is 1. The first-order valence-electron chi connectivity index (χ1n) is 13.1. The predicted octanol–water partition coefficient (Wildman–Crippen LogP) is 3.88. The molecule has 1 heterocycles. The SMILES string of the molecule is CC(C)(C)C(=O)CCCCCCCCCCCCCCCO[C@@H]1O[C@H](CO)[C@@H](O)[C@H](O)[C@H]1O. The molecule has 0 aliphatic carbocycles. The summed E-state index contributed by atoms with van der Waals surface area (Å²) in [6.07, 6.45) is 10.1. The van der Waals surface area contributed by atoms with Crippen LogP contribution in [0.2, 0.25) is 0 Å². The maximum Gasteiger partial charge on any atom is 0.186 e. The average Bonchev–Trinajstić information content (AvgIpc) is 2.77. The summed E-state index contributed by atoms with van der Waals surface area (Å²) in [5.74, 6) is 0.379. The average molecular weight is 475 g/mol. The summed E-state index contributed by atoms with van der Waals surface area (Å²) in [6.45, 7) is 5.96. The van der Waals surface area contributed by atoms with Gasteiger partial charge in [0, 0.05) is 18.4 Å². The van der Waals surface area contributed by atoms with Crippen molar-refractivity contribution < 1.29 is 34.7 Å². The lowest BCUT2D eigenvalue weighted by Crippen LogP contribution is -2.59. The summed E-state index contributed by atoms with van der Waals surface area (Å²) in [7, 11) is 0. The van der Waals surface area contributed by atoms with Crippen LogP contribution in [0.1, 0.15) is 111 Å². The number of hydrogen-bond acceptors (Lipinski definition) is 7. The zero-order valence-electron chi connectivity index (χ0n) is 21.2. The van der Waals surface area contributed by atoms with E-state index in [1.165, 1.54) is 57.8 Å². The first-order valence-corrected chi connectivity index (χ1v) is 13.1. The number of carbonyl (C=O) groups is 1. The van der Waals surface area contributed by atoms with E-state index < -0.39 is 37.3 Å². The van der Waals surface area contributed by atoms with Gasteiger partial charge >= 0.3 is 0 Å². The summed E-state index contributed by atoms with van der Waals surface area (Å²) in [5.41, 5.74) is -0.193. The van der Waals surface area contributed by atoms with E-state index in [2.05, 4.69) is 0 Å². The summed E-state index contributed by atoms with van der Waals surface area (Å²) < 4.78 is 10.8. The molecule has 0 aromatic rings. The fraction of sp³-hybridized carbons (Fsp3) is 0.962. The van der Waals surface area contributed by atoms with Gasteiger partial charge in [0.2, 0.25) is 0 Å². The quantitative estimate of drug-likeness (QED) is 0.223. The van der Waals surface area contributed by atoms with Crippen LogP contribution in [0.4, 0.5) is 0 Å². The maximum atomic E-state index is 11.9. The minimum atomic E-state index is -1.38. The third kappa shape index (κ3) is 12.6. The van der Waals surface area contributed by atoms with Crippen molar-refractivity contribution in [1.29, 1.82) is 0 Å². The molecule has 1 aliphatic rings. The number of unbranched alkanes of at least 4 members (excludes halogenated alkanes) is 12. The molecule has 196 valence electrons. The fourth-order valence-corrected chi connectivity index (χ4v) is 4.11. The molecule has 7 heteroatoms. The van der Waals surface area contributed by atoms with Crippen molar-refractivity contribution in [3.8, 4) is 0 Å². The van der Waals surface area contributed by atoms with Gasteiger partial charge in [0.15, 0.2) is 6.29 Å². The molecule has 1 rings (SSSR count). The van der Waals surface area contributed by atoms with E-state index in [-0.39, 0.29) is 5.41 Å². The highest BCUT2D eigenvalue weighted by atomic mass is 16.7. The van der Waals surface area contributed by atoms with Gasteiger partial charge in [-0.25, -0.2) is 0 Å². The molecule has 1 fully saturated rings. The van der Waals surface area contributed by atoms with Crippen LogP contribution < -0.4 is 0 Å². The van der Waals surface area contributed by atoms with Crippen molar-refractivity contribution >= 4 is 5.78 Å². The van der Waals surface area contributed by atoms with Crippen LogP contribution in [-0.4, -0.2) is 70.1 Å². The second-order valence-electron chi connectivity index (χ2n) is 10.6. The number of ketones is 1. The number of carbonyl (C=O) groups excluding carboxylic acids is 1. The smallest absolute Gasteiger partial charge is 0.186 e. The van der Waals surface area contributed by atoms with E-state index >= 15 is 0 Å². The van der Waals surface area contributed by atoms with Crippen LogP contribution in [-0.2, 0) is 14.3 Å². The maximum absolute atomic E-state index is 11.9. The number of rotatable bonds is 18. The van der Waals surface area contributed by atoms with Crippen molar-refractivity contribution in [2.45, 2.75) is 141 Å². The van der Waals surface area contributed by atoms with Crippen molar-refractivity contribution in [2.24, 2.45) is 5.41 Å². The van der Waals surface area contributed by atoms with Crippen LogP contribution in [0.3, 0.4) is 0 Å². The lowest BCUT2D eigenvalue weighted by atomic mass is 9.88. The molecule has 0 saturated carbocycles. The van der Waals surface area contributed by atoms with Gasteiger partial charge in [-0.3, -0.25) is 4.79 Å². The van der Waals surface area contributed by atoms with Crippen LogP contribution in [0, 0.1) is 5.41 Å². The first-order chi connectivity index (χ1) is 15.7. The summed E-state index contributed by atoms with van der Waals surface area (Å²) in [4.78, 5) is 11.9. The van der Waals surface area contributed by atoms with Crippen LogP contribution >= 0.6 is 0 Å². The molecule has 0 amide bonds. The third-order valence-electron chi connectivity index (χ3n) is 6.52. The van der Waals surface area contributed by atoms with Crippen molar-refractivity contribution in [2.75, 3.05) is 13.2 Å². The highest BCUT2D eigenvalue weighted by molar-refractivity contribution is 5.83. The molecule has 33 heavy (non-hydrogen) atoms. The number of ether oxygens (including phenoxy) is 2. The van der Waals surface area contributed by atoms with Crippen LogP contribution in [0.25, 0.3) is 0 Å². The fourth-order valence-electron chi connectivity index (χ4n) is 4.11. The summed E-state index contributed by atoms with van der Waals surface area (Å²) >= 11 is 0. The van der Waals surface area contributed by atoms with E-state index in [1.807, 2.05) is 20.8 Å². The molecular formula is C26H50O7. The Kier molecular flexibility index (Phi) is 15.7. The Bertz CT molecular complexity index is 503. The highest BCUT2D eigenvalue weighted by Crippen LogP contribution is 2.22. The monoisotopic (exact) mass is 474 g/mol. The second kappa shape index (κ2) is 17.0. The molecule has 7 nitrogen and oxygen atoms in total. The Balaban J connectivity index is 1.87. The van der Waals surface area contributed by atoms with Gasteiger partial charge in [0.05, 0.1) is 6.61 Å². The minimum Gasteiger partial charge on any atom is -0.394 e.